The second kappa shape index (κ2) is 4.05. The van der Waals surface area contributed by atoms with Crippen LogP contribution < -0.4 is 0 Å². The van der Waals surface area contributed by atoms with Gasteiger partial charge in [-0.15, -0.1) is 0 Å². The number of imidazole rings is 1. The summed E-state index contributed by atoms with van der Waals surface area (Å²) in [7, 11) is 0. The highest BCUT2D eigenvalue weighted by atomic mass is 16.4. The fourth-order valence-electron chi connectivity index (χ4n) is 2.44. The third kappa shape index (κ3) is 1.74. The third-order valence-electron chi connectivity index (χ3n) is 3.35. The number of para-hydroxylation sites is 2. The Morgan fingerprint density at radius 1 is 1.26 bits per heavy atom. The van der Waals surface area contributed by atoms with Gasteiger partial charge >= 0.3 is 5.97 Å². The molecule has 0 spiro atoms. The Hall–Kier alpha value is -2.43. The number of rotatable bonds is 2. The molecule has 19 heavy (non-hydrogen) atoms. The van der Waals surface area contributed by atoms with E-state index in [9.17, 15) is 4.79 Å². The molecule has 3 aromatic rings. The van der Waals surface area contributed by atoms with Gasteiger partial charge in [0, 0.05) is 17.0 Å². The number of aromatic nitrogens is 3. The number of aryl methyl sites for hydroxylation is 2. The Bertz CT molecular complexity index is 805. The molecule has 0 saturated carbocycles. The lowest BCUT2D eigenvalue weighted by atomic mass is 10.1. The Kier molecular flexibility index (Phi) is 2.48. The molecular weight excluding hydrogens is 242 g/mol. The summed E-state index contributed by atoms with van der Waals surface area (Å²) in [5.41, 5.74) is 4.18. The smallest absolute Gasteiger partial charge is 0.307 e. The molecule has 2 heterocycles. The number of carboxylic acids is 1. The molecule has 5 nitrogen and oxygen atoms in total. The average molecular weight is 255 g/mol. The van der Waals surface area contributed by atoms with Crippen LogP contribution in [0.15, 0.2) is 24.3 Å². The molecular formula is C14H13N3O2. The van der Waals surface area contributed by atoms with Crippen LogP contribution in [0.1, 0.15) is 17.0 Å². The molecule has 5 heteroatoms. The molecule has 2 aromatic heterocycles. The lowest BCUT2D eigenvalue weighted by Gasteiger charge is -2.09. The van der Waals surface area contributed by atoms with Crippen molar-refractivity contribution >= 4 is 22.8 Å². The van der Waals surface area contributed by atoms with Gasteiger partial charge in [-0.1, -0.05) is 12.1 Å². The minimum absolute atomic E-state index is 0.0207. The molecule has 0 saturated heterocycles. The normalized spacial score (nSPS) is 11.3. The first-order chi connectivity index (χ1) is 9.08. The molecule has 0 amide bonds. The Morgan fingerprint density at radius 3 is 2.74 bits per heavy atom. The minimum Gasteiger partial charge on any atom is -0.481 e. The Balaban J connectivity index is 2.41. The lowest BCUT2D eigenvalue weighted by molar-refractivity contribution is -0.136. The summed E-state index contributed by atoms with van der Waals surface area (Å²) >= 11 is 0. The summed E-state index contributed by atoms with van der Waals surface area (Å²) in [6.45, 7) is 3.73. The highest BCUT2D eigenvalue weighted by Gasteiger charge is 2.15. The van der Waals surface area contributed by atoms with E-state index in [1.807, 2.05) is 42.5 Å². The molecule has 3 rings (SSSR count). The van der Waals surface area contributed by atoms with Crippen molar-refractivity contribution in [3.05, 3.63) is 41.2 Å². The van der Waals surface area contributed by atoms with Crippen molar-refractivity contribution in [3.8, 4) is 0 Å². The molecule has 0 fully saturated rings. The van der Waals surface area contributed by atoms with Crippen molar-refractivity contribution in [2.24, 2.45) is 0 Å². The van der Waals surface area contributed by atoms with Crippen LogP contribution in [0, 0.1) is 13.8 Å². The van der Waals surface area contributed by atoms with E-state index < -0.39 is 5.97 Å². The first-order valence-corrected chi connectivity index (χ1v) is 6.03. The van der Waals surface area contributed by atoms with Crippen molar-refractivity contribution in [2.45, 2.75) is 20.3 Å². The first kappa shape index (κ1) is 11.6. The van der Waals surface area contributed by atoms with Crippen molar-refractivity contribution in [2.75, 3.05) is 0 Å². The average Bonchev–Trinajstić information content (AvgIpc) is 2.72. The van der Waals surface area contributed by atoms with E-state index in [4.69, 9.17) is 5.11 Å². The monoisotopic (exact) mass is 255 g/mol. The van der Waals surface area contributed by atoms with E-state index in [-0.39, 0.29) is 6.42 Å². The van der Waals surface area contributed by atoms with Crippen LogP contribution in [-0.2, 0) is 11.2 Å². The van der Waals surface area contributed by atoms with Gasteiger partial charge < -0.3 is 5.11 Å². The number of nitrogens with zero attached hydrogens (tertiary/aromatic N) is 3. The summed E-state index contributed by atoms with van der Waals surface area (Å²) in [4.78, 5) is 19.8. The van der Waals surface area contributed by atoms with E-state index in [2.05, 4.69) is 9.97 Å². The van der Waals surface area contributed by atoms with Crippen LogP contribution in [0.2, 0.25) is 0 Å². The van der Waals surface area contributed by atoms with Crippen LogP contribution in [-0.4, -0.2) is 25.4 Å². The van der Waals surface area contributed by atoms with Gasteiger partial charge in [0.15, 0.2) is 0 Å². The highest BCUT2D eigenvalue weighted by molar-refractivity contribution is 5.80. The van der Waals surface area contributed by atoms with Gasteiger partial charge in [0.2, 0.25) is 5.78 Å². The molecule has 0 aliphatic rings. The van der Waals surface area contributed by atoms with Gasteiger partial charge in [-0.3, -0.25) is 9.20 Å². The molecule has 1 N–H and O–H groups in total. The Labute approximate surface area is 109 Å². The summed E-state index contributed by atoms with van der Waals surface area (Å²) in [6.07, 6.45) is -0.0207. The minimum atomic E-state index is -0.850. The molecule has 0 bridgehead atoms. The van der Waals surface area contributed by atoms with Crippen LogP contribution in [0.4, 0.5) is 0 Å². The number of carbonyl (C=O) groups is 1. The van der Waals surface area contributed by atoms with E-state index in [0.717, 1.165) is 28.0 Å². The Morgan fingerprint density at radius 2 is 2.00 bits per heavy atom. The second-order valence-electron chi connectivity index (χ2n) is 4.57. The maximum absolute atomic E-state index is 11.0. The van der Waals surface area contributed by atoms with E-state index in [0.29, 0.717) is 5.78 Å². The first-order valence-electron chi connectivity index (χ1n) is 6.03. The zero-order chi connectivity index (χ0) is 13.6. The zero-order valence-corrected chi connectivity index (χ0v) is 10.7. The summed E-state index contributed by atoms with van der Waals surface area (Å²) in [5.74, 6) is -0.234. The van der Waals surface area contributed by atoms with Gasteiger partial charge in [0.1, 0.15) is 0 Å². The van der Waals surface area contributed by atoms with Gasteiger partial charge in [0.25, 0.3) is 0 Å². The number of aliphatic carboxylic acids is 1. The zero-order valence-electron chi connectivity index (χ0n) is 10.7. The van der Waals surface area contributed by atoms with E-state index in [1.165, 1.54) is 0 Å². The predicted octanol–water partition coefficient (Wildman–Crippen LogP) is 2.13. The van der Waals surface area contributed by atoms with Crippen LogP contribution in [0.3, 0.4) is 0 Å². The number of benzene rings is 1. The topological polar surface area (TPSA) is 67.5 Å². The maximum Gasteiger partial charge on any atom is 0.307 e. The highest BCUT2D eigenvalue weighted by Crippen LogP contribution is 2.21. The maximum atomic E-state index is 11.0. The van der Waals surface area contributed by atoms with Crippen molar-refractivity contribution in [1.82, 2.24) is 14.4 Å². The number of hydrogen-bond donors (Lipinski definition) is 1. The van der Waals surface area contributed by atoms with Gasteiger partial charge in [-0.05, 0) is 26.0 Å². The van der Waals surface area contributed by atoms with Crippen molar-refractivity contribution in [3.63, 3.8) is 0 Å². The number of fused-ring (bicyclic) bond motifs is 3. The molecule has 96 valence electrons. The fraction of sp³-hybridized carbons (Fsp3) is 0.214. The second-order valence-corrected chi connectivity index (χ2v) is 4.57. The van der Waals surface area contributed by atoms with Crippen molar-refractivity contribution < 1.29 is 9.90 Å². The third-order valence-corrected chi connectivity index (χ3v) is 3.35. The van der Waals surface area contributed by atoms with Gasteiger partial charge in [-0.2, -0.15) is 0 Å². The largest absolute Gasteiger partial charge is 0.481 e. The van der Waals surface area contributed by atoms with Crippen LogP contribution in [0.5, 0.6) is 0 Å². The molecule has 0 unspecified atom stereocenters. The summed E-state index contributed by atoms with van der Waals surface area (Å²) in [6, 6.07) is 7.75. The molecule has 0 radical (unpaired) electrons. The summed E-state index contributed by atoms with van der Waals surface area (Å²) in [5, 5.41) is 9.00. The summed E-state index contributed by atoms with van der Waals surface area (Å²) < 4.78 is 1.92. The van der Waals surface area contributed by atoms with E-state index >= 15 is 0 Å². The molecule has 1 aromatic carbocycles. The fourth-order valence-corrected chi connectivity index (χ4v) is 2.44. The molecule has 0 aliphatic heterocycles. The van der Waals surface area contributed by atoms with Crippen molar-refractivity contribution in [1.29, 1.82) is 0 Å². The quantitative estimate of drug-likeness (QED) is 0.761. The number of carboxylic acid groups (broad SMARTS) is 1. The van der Waals surface area contributed by atoms with Gasteiger partial charge in [0.05, 0.1) is 17.5 Å². The van der Waals surface area contributed by atoms with E-state index in [1.54, 1.807) is 0 Å². The lowest BCUT2D eigenvalue weighted by Crippen LogP contribution is -2.09. The molecule has 0 aliphatic carbocycles. The predicted molar refractivity (Wildman–Crippen MR) is 71.3 cm³/mol. The SMILES string of the molecule is Cc1nc2nc3ccccc3n2c(C)c1CC(=O)O. The van der Waals surface area contributed by atoms with Gasteiger partial charge in [-0.25, -0.2) is 9.97 Å². The van der Waals surface area contributed by atoms with Crippen LogP contribution in [0.25, 0.3) is 16.8 Å². The molecule has 0 atom stereocenters. The van der Waals surface area contributed by atoms with Crippen LogP contribution >= 0.6 is 0 Å². The number of hydrogen-bond acceptors (Lipinski definition) is 3. The standard InChI is InChI=1S/C14H13N3O2/c1-8-10(7-13(18)19)9(2)17-12-6-4-3-5-11(12)16-14(17)15-8/h3-6H,7H2,1-2H3,(H,18,19).